The van der Waals surface area contributed by atoms with Gasteiger partial charge in [-0.1, -0.05) is 30.3 Å². The summed E-state index contributed by atoms with van der Waals surface area (Å²) in [4.78, 5) is 15.4. The number of likely N-dealkylation sites (tertiary alicyclic amines) is 1. The van der Waals surface area contributed by atoms with Crippen LogP contribution in [0, 0.1) is 0 Å². The fraction of sp³-hybridized carbons (Fsp3) is 0.348. The van der Waals surface area contributed by atoms with E-state index in [1.165, 1.54) is 11.1 Å². The fourth-order valence-corrected chi connectivity index (χ4v) is 5.30. The van der Waals surface area contributed by atoms with Crippen LogP contribution in [0.2, 0.25) is 0 Å². The molecule has 156 valence electrons. The topological polar surface area (TPSA) is 67.9 Å². The molecule has 5 rings (SSSR count). The Labute approximate surface area is 179 Å². The van der Waals surface area contributed by atoms with E-state index in [1.807, 2.05) is 64.7 Å². The summed E-state index contributed by atoms with van der Waals surface area (Å²) in [7, 11) is 0. The van der Waals surface area contributed by atoms with Crippen molar-refractivity contribution in [2.24, 2.45) is 0 Å². The molecular weight excluding hydrogens is 398 g/mol. The first-order valence-corrected chi connectivity index (χ1v) is 11.4. The summed E-state index contributed by atoms with van der Waals surface area (Å²) in [5.74, 6) is 0.871. The number of ether oxygens (including phenoxy) is 1. The number of fused-ring (bicyclic) bond motifs is 1. The van der Waals surface area contributed by atoms with Gasteiger partial charge >= 0.3 is 0 Å². The lowest BCUT2D eigenvalue weighted by atomic mass is 9.93. The van der Waals surface area contributed by atoms with Gasteiger partial charge in [-0.25, -0.2) is 0 Å². The molecule has 2 aromatic rings. The van der Waals surface area contributed by atoms with Crippen LogP contribution in [0.15, 0.2) is 64.6 Å². The normalized spacial score (nSPS) is 20.3. The average molecular weight is 424 g/mol. The summed E-state index contributed by atoms with van der Waals surface area (Å²) in [6.45, 7) is 6.20. The molecule has 0 bridgehead atoms. The Kier molecular flexibility index (Phi) is 5.18. The molecule has 6 nitrogen and oxygen atoms in total. The van der Waals surface area contributed by atoms with Gasteiger partial charge in [0.15, 0.2) is 4.90 Å². The molecule has 3 heterocycles. The number of carbonyl (C=O) groups excluding carboxylic acids is 1. The zero-order valence-corrected chi connectivity index (χ0v) is 17.8. The zero-order chi connectivity index (χ0) is 20.7. The Morgan fingerprint density at radius 1 is 1.10 bits per heavy atom. The van der Waals surface area contributed by atoms with Gasteiger partial charge in [0.05, 0.1) is 36.1 Å². The Morgan fingerprint density at radius 2 is 1.83 bits per heavy atom. The van der Waals surface area contributed by atoms with Gasteiger partial charge < -0.3 is 19.5 Å². The van der Waals surface area contributed by atoms with Gasteiger partial charge in [-0.2, -0.15) is 0 Å². The number of nitrogens with one attached hydrogen (secondary N) is 1. The third-order valence-corrected chi connectivity index (χ3v) is 7.43. The number of anilines is 1. The molecule has 0 saturated carbocycles. The molecule has 7 heteroatoms. The Hall–Kier alpha value is -2.48. The lowest BCUT2D eigenvalue weighted by Crippen LogP contribution is -2.52. The van der Waals surface area contributed by atoms with Gasteiger partial charge in [-0.15, -0.1) is 4.31 Å². The Bertz CT molecular complexity index is 978. The van der Waals surface area contributed by atoms with Crippen molar-refractivity contribution < 1.29 is 14.1 Å². The van der Waals surface area contributed by atoms with Crippen LogP contribution in [-0.2, 0) is 16.2 Å². The van der Waals surface area contributed by atoms with Gasteiger partial charge in [0, 0.05) is 25.7 Å². The van der Waals surface area contributed by atoms with Crippen molar-refractivity contribution in [2.75, 3.05) is 44.6 Å². The molecule has 2 aromatic carbocycles. The first-order chi connectivity index (χ1) is 14.6. The third-order valence-electron chi connectivity index (χ3n) is 6.04. The SMILES string of the molecule is CC(C(=O)N1CC(=C2CN([S+]([O-])c3ccc4c(c3)NCCO4)C2)C1)c1ccccc1. The van der Waals surface area contributed by atoms with E-state index in [9.17, 15) is 9.35 Å². The monoisotopic (exact) mass is 423 g/mol. The van der Waals surface area contributed by atoms with Crippen LogP contribution in [0.4, 0.5) is 5.69 Å². The lowest BCUT2D eigenvalue weighted by molar-refractivity contribution is -0.133. The third kappa shape index (κ3) is 3.57. The van der Waals surface area contributed by atoms with E-state index < -0.39 is 11.4 Å². The zero-order valence-electron chi connectivity index (χ0n) is 17.0. The van der Waals surface area contributed by atoms with E-state index in [4.69, 9.17) is 4.74 Å². The first-order valence-electron chi connectivity index (χ1n) is 10.3. The summed E-state index contributed by atoms with van der Waals surface area (Å²) in [5.41, 5.74) is 4.60. The van der Waals surface area contributed by atoms with Crippen molar-refractivity contribution in [3.05, 3.63) is 65.2 Å². The molecule has 2 fully saturated rings. The van der Waals surface area contributed by atoms with E-state index in [2.05, 4.69) is 5.32 Å². The van der Waals surface area contributed by atoms with Crippen molar-refractivity contribution in [1.29, 1.82) is 0 Å². The van der Waals surface area contributed by atoms with Crippen molar-refractivity contribution in [2.45, 2.75) is 17.7 Å². The number of hydrogen-bond donors (Lipinski definition) is 1. The maximum Gasteiger partial charge on any atom is 0.230 e. The largest absolute Gasteiger partial charge is 0.593 e. The number of carbonyl (C=O) groups is 1. The average Bonchev–Trinajstić information content (AvgIpc) is 2.73. The fourth-order valence-electron chi connectivity index (χ4n) is 4.05. The van der Waals surface area contributed by atoms with E-state index in [-0.39, 0.29) is 11.8 Å². The predicted octanol–water partition coefficient (Wildman–Crippen LogP) is 2.77. The molecular formula is C23H25N3O3S. The summed E-state index contributed by atoms with van der Waals surface area (Å²) in [5, 5.41) is 3.29. The number of hydrogen-bond acceptors (Lipinski definition) is 5. The van der Waals surface area contributed by atoms with Crippen molar-refractivity contribution in [3.63, 3.8) is 0 Å². The standard InChI is InChI=1S/C23H25N3O3S/c1-16(17-5-3-2-4-6-17)23(27)25-12-18(13-25)19-14-26(15-19)30(28)20-7-8-22-21(11-20)24-9-10-29-22/h2-8,11,16,24H,9-10,12-15H2,1H3. The molecule has 3 aliphatic heterocycles. The van der Waals surface area contributed by atoms with Crippen molar-refractivity contribution >= 4 is 23.0 Å². The molecule has 0 aromatic heterocycles. The minimum Gasteiger partial charge on any atom is -0.593 e. The van der Waals surface area contributed by atoms with Crippen LogP contribution >= 0.6 is 0 Å². The van der Waals surface area contributed by atoms with Crippen LogP contribution in [-0.4, -0.2) is 59.0 Å². The molecule has 2 atom stereocenters. The first kappa shape index (κ1) is 19.5. The molecule has 1 amide bonds. The van der Waals surface area contributed by atoms with E-state index in [0.29, 0.717) is 32.8 Å². The quantitative estimate of drug-likeness (QED) is 0.605. The molecule has 30 heavy (non-hydrogen) atoms. The van der Waals surface area contributed by atoms with Gasteiger partial charge in [0.2, 0.25) is 5.91 Å². The molecule has 1 N–H and O–H groups in total. The summed E-state index contributed by atoms with van der Waals surface area (Å²) in [6, 6.07) is 15.6. The number of amides is 1. The highest BCUT2D eigenvalue weighted by atomic mass is 32.2. The lowest BCUT2D eigenvalue weighted by Gasteiger charge is -2.42. The highest BCUT2D eigenvalue weighted by Gasteiger charge is 2.38. The van der Waals surface area contributed by atoms with E-state index in [1.54, 1.807) is 0 Å². The minimum atomic E-state index is -1.18. The molecule has 3 aliphatic rings. The van der Waals surface area contributed by atoms with Gasteiger partial charge in [-0.05, 0) is 35.8 Å². The van der Waals surface area contributed by atoms with Crippen LogP contribution in [0.5, 0.6) is 5.75 Å². The summed E-state index contributed by atoms with van der Waals surface area (Å²) in [6.07, 6.45) is 0. The molecule has 0 radical (unpaired) electrons. The van der Waals surface area contributed by atoms with Crippen molar-refractivity contribution in [3.8, 4) is 5.75 Å². The van der Waals surface area contributed by atoms with Gasteiger partial charge in [0.25, 0.3) is 0 Å². The van der Waals surface area contributed by atoms with Crippen LogP contribution in [0.1, 0.15) is 18.4 Å². The second-order valence-electron chi connectivity index (χ2n) is 8.01. The van der Waals surface area contributed by atoms with E-state index >= 15 is 0 Å². The predicted molar refractivity (Wildman–Crippen MR) is 117 cm³/mol. The highest BCUT2D eigenvalue weighted by Crippen LogP contribution is 2.34. The van der Waals surface area contributed by atoms with Gasteiger partial charge in [-0.3, -0.25) is 4.79 Å². The number of benzene rings is 2. The second kappa shape index (κ2) is 7.98. The minimum absolute atomic E-state index is 0.121. The number of nitrogens with zero attached hydrogens (tertiary/aromatic N) is 2. The van der Waals surface area contributed by atoms with Gasteiger partial charge in [0.1, 0.15) is 12.4 Å². The Morgan fingerprint density at radius 3 is 2.60 bits per heavy atom. The maximum absolute atomic E-state index is 12.9. The molecule has 2 unspecified atom stereocenters. The highest BCUT2D eigenvalue weighted by molar-refractivity contribution is 7.89. The van der Waals surface area contributed by atoms with Crippen LogP contribution in [0.25, 0.3) is 0 Å². The smallest absolute Gasteiger partial charge is 0.230 e. The summed E-state index contributed by atoms with van der Waals surface area (Å²) >= 11 is -1.18. The van der Waals surface area contributed by atoms with Crippen molar-refractivity contribution in [1.82, 2.24) is 9.21 Å². The van der Waals surface area contributed by atoms with E-state index in [0.717, 1.165) is 28.4 Å². The second-order valence-corrected chi connectivity index (χ2v) is 9.50. The Balaban J connectivity index is 1.16. The maximum atomic E-state index is 12.9. The summed E-state index contributed by atoms with van der Waals surface area (Å²) < 4.78 is 20.4. The van der Waals surface area contributed by atoms with Crippen LogP contribution in [0.3, 0.4) is 0 Å². The molecule has 0 spiro atoms. The molecule has 0 aliphatic carbocycles. The molecule has 2 saturated heterocycles. The number of rotatable bonds is 4. The van der Waals surface area contributed by atoms with Crippen LogP contribution < -0.4 is 10.1 Å².